The highest BCUT2D eigenvalue weighted by atomic mass is 16.3. The van der Waals surface area contributed by atoms with Crippen molar-refractivity contribution in [1.29, 1.82) is 0 Å². The van der Waals surface area contributed by atoms with E-state index in [2.05, 4.69) is 5.32 Å². The molecule has 3 rings (SSSR count). The number of rotatable bonds is 1. The highest BCUT2D eigenvalue weighted by Gasteiger charge is 2.58. The number of hydrogen-bond acceptors (Lipinski definition) is 5. The third-order valence-corrected chi connectivity index (χ3v) is 4.82. The summed E-state index contributed by atoms with van der Waals surface area (Å²) < 4.78 is 0. The fourth-order valence-electron chi connectivity index (χ4n) is 3.41. The van der Waals surface area contributed by atoms with Gasteiger partial charge >= 0.3 is 0 Å². The van der Waals surface area contributed by atoms with E-state index in [9.17, 15) is 19.5 Å². The van der Waals surface area contributed by atoms with Crippen molar-refractivity contribution in [3.8, 4) is 0 Å². The summed E-state index contributed by atoms with van der Waals surface area (Å²) >= 11 is 0. The molecule has 21 heavy (non-hydrogen) atoms. The van der Waals surface area contributed by atoms with Gasteiger partial charge in [0.05, 0.1) is 25.9 Å². The quantitative estimate of drug-likeness (QED) is 0.561. The molecule has 2 atom stereocenters. The number of aliphatic hydroxyl groups is 1. The second-order valence-electron chi connectivity index (χ2n) is 6.16. The van der Waals surface area contributed by atoms with Crippen molar-refractivity contribution in [2.45, 2.75) is 31.0 Å². The molecule has 0 saturated carbocycles. The Labute approximate surface area is 122 Å². The maximum absolute atomic E-state index is 12.5. The van der Waals surface area contributed by atoms with E-state index >= 15 is 0 Å². The van der Waals surface area contributed by atoms with E-state index in [1.54, 1.807) is 4.90 Å². The molecule has 0 radical (unpaired) electrons. The van der Waals surface area contributed by atoms with Gasteiger partial charge in [-0.15, -0.1) is 0 Å². The average Bonchev–Trinajstić information content (AvgIpc) is 2.89. The van der Waals surface area contributed by atoms with Gasteiger partial charge in [-0.1, -0.05) is 0 Å². The minimum Gasteiger partial charge on any atom is -0.391 e. The van der Waals surface area contributed by atoms with E-state index in [0.717, 1.165) is 0 Å². The van der Waals surface area contributed by atoms with Crippen LogP contribution >= 0.6 is 0 Å². The molecule has 0 aromatic carbocycles. The van der Waals surface area contributed by atoms with Crippen molar-refractivity contribution < 1.29 is 19.5 Å². The summed E-state index contributed by atoms with van der Waals surface area (Å²) in [6.45, 7) is 2.76. The standard InChI is InChI=1S/C13H20N4O4/c1-8(18)17-4-9(19)3-10(17)11(20)16-5-13(6-16)12(21)14-7-15(13)2/h9-10,19H,3-7H2,1-2H3,(H,14,21)/t9-,10+/m1/s1. The molecule has 8 nitrogen and oxygen atoms in total. The van der Waals surface area contributed by atoms with E-state index in [-0.39, 0.29) is 30.7 Å². The van der Waals surface area contributed by atoms with Gasteiger partial charge in [-0.25, -0.2) is 0 Å². The van der Waals surface area contributed by atoms with Gasteiger partial charge in [-0.3, -0.25) is 19.3 Å². The normalized spacial score (nSPS) is 31.5. The molecule has 3 aliphatic heterocycles. The first-order valence-electron chi connectivity index (χ1n) is 7.09. The molecule has 1 spiro atoms. The minimum atomic E-state index is -0.657. The summed E-state index contributed by atoms with van der Waals surface area (Å²) in [5, 5.41) is 12.5. The number of aliphatic hydroxyl groups excluding tert-OH is 1. The number of carbonyl (C=O) groups excluding carboxylic acids is 3. The Morgan fingerprint density at radius 1 is 1.38 bits per heavy atom. The van der Waals surface area contributed by atoms with Gasteiger partial charge in [0, 0.05) is 19.9 Å². The van der Waals surface area contributed by atoms with Crippen molar-refractivity contribution in [3.63, 3.8) is 0 Å². The van der Waals surface area contributed by atoms with Crippen molar-refractivity contribution in [2.24, 2.45) is 0 Å². The highest BCUT2D eigenvalue weighted by molar-refractivity contribution is 5.94. The Kier molecular flexibility index (Phi) is 3.18. The van der Waals surface area contributed by atoms with Crippen LogP contribution in [0.15, 0.2) is 0 Å². The maximum Gasteiger partial charge on any atom is 0.245 e. The number of likely N-dealkylation sites (tertiary alicyclic amines) is 2. The van der Waals surface area contributed by atoms with Crippen LogP contribution in [0.25, 0.3) is 0 Å². The first-order chi connectivity index (χ1) is 9.85. The SMILES string of the molecule is CC(=O)N1C[C@H](O)C[C@H]1C(=O)N1CC2(C1)C(=O)NCN2C. The van der Waals surface area contributed by atoms with Crippen LogP contribution in [0.3, 0.4) is 0 Å². The van der Waals surface area contributed by atoms with Crippen LogP contribution in [0.2, 0.25) is 0 Å². The first kappa shape index (κ1) is 14.3. The number of likely N-dealkylation sites (N-methyl/N-ethyl adjacent to an activating group) is 1. The summed E-state index contributed by atoms with van der Waals surface area (Å²) in [5.41, 5.74) is -0.617. The van der Waals surface area contributed by atoms with E-state index in [1.807, 2.05) is 11.9 Å². The fraction of sp³-hybridized carbons (Fsp3) is 0.769. The Morgan fingerprint density at radius 3 is 2.57 bits per heavy atom. The van der Waals surface area contributed by atoms with E-state index < -0.39 is 17.7 Å². The van der Waals surface area contributed by atoms with Crippen molar-refractivity contribution >= 4 is 17.7 Å². The van der Waals surface area contributed by atoms with Crippen molar-refractivity contribution in [2.75, 3.05) is 33.4 Å². The third-order valence-electron chi connectivity index (χ3n) is 4.82. The summed E-state index contributed by atoms with van der Waals surface area (Å²) in [5.74, 6) is -0.444. The molecule has 8 heteroatoms. The maximum atomic E-state index is 12.5. The van der Waals surface area contributed by atoms with Gasteiger partial charge < -0.3 is 20.2 Å². The van der Waals surface area contributed by atoms with Gasteiger partial charge in [0.25, 0.3) is 0 Å². The van der Waals surface area contributed by atoms with Gasteiger partial charge in [-0.05, 0) is 7.05 Å². The Morgan fingerprint density at radius 2 is 2.05 bits per heavy atom. The van der Waals surface area contributed by atoms with Gasteiger partial charge in [-0.2, -0.15) is 0 Å². The molecule has 3 amide bonds. The second kappa shape index (κ2) is 4.67. The zero-order valence-corrected chi connectivity index (χ0v) is 12.2. The molecule has 3 heterocycles. The molecule has 0 aromatic heterocycles. The Hall–Kier alpha value is -1.67. The number of β-amino-alcohol motifs (C(OH)–C–C–N with tert-alkyl or cyclic N) is 1. The number of nitrogens with zero attached hydrogens (tertiary/aromatic N) is 3. The van der Waals surface area contributed by atoms with Crippen LogP contribution in [-0.4, -0.2) is 88.6 Å². The van der Waals surface area contributed by atoms with E-state index in [0.29, 0.717) is 19.8 Å². The van der Waals surface area contributed by atoms with Crippen LogP contribution in [0, 0.1) is 0 Å². The number of hydrogen-bond donors (Lipinski definition) is 2. The fourth-order valence-corrected chi connectivity index (χ4v) is 3.41. The lowest BCUT2D eigenvalue weighted by atomic mass is 9.88. The minimum absolute atomic E-state index is 0.0519. The van der Waals surface area contributed by atoms with Crippen LogP contribution in [0.4, 0.5) is 0 Å². The molecule has 2 N–H and O–H groups in total. The highest BCUT2D eigenvalue weighted by Crippen LogP contribution is 2.32. The smallest absolute Gasteiger partial charge is 0.245 e. The lowest BCUT2D eigenvalue weighted by molar-refractivity contribution is -0.156. The van der Waals surface area contributed by atoms with Crippen LogP contribution in [0.1, 0.15) is 13.3 Å². The van der Waals surface area contributed by atoms with Crippen LogP contribution in [-0.2, 0) is 14.4 Å². The molecule has 3 aliphatic rings. The summed E-state index contributed by atoms with van der Waals surface area (Å²) in [7, 11) is 1.85. The zero-order chi connectivity index (χ0) is 15.4. The number of amides is 3. The molecule has 3 fully saturated rings. The molecule has 0 unspecified atom stereocenters. The van der Waals surface area contributed by atoms with Gasteiger partial charge in [0.15, 0.2) is 0 Å². The molecular weight excluding hydrogens is 276 g/mol. The van der Waals surface area contributed by atoms with Crippen LogP contribution < -0.4 is 5.32 Å². The summed E-state index contributed by atoms with van der Waals surface area (Å²) in [4.78, 5) is 40.9. The van der Waals surface area contributed by atoms with Gasteiger partial charge in [0.2, 0.25) is 17.7 Å². The Bertz CT molecular complexity index is 502. The van der Waals surface area contributed by atoms with Crippen molar-refractivity contribution in [3.05, 3.63) is 0 Å². The molecule has 0 aliphatic carbocycles. The third kappa shape index (κ3) is 2.01. The van der Waals surface area contributed by atoms with Gasteiger partial charge in [0.1, 0.15) is 11.6 Å². The lowest BCUT2D eigenvalue weighted by Gasteiger charge is -2.50. The lowest BCUT2D eigenvalue weighted by Crippen LogP contribution is -2.73. The molecule has 116 valence electrons. The second-order valence-corrected chi connectivity index (χ2v) is 6.16. The zero-order valence-electron chi connectivity index (χ0n) is 12.2. The molecular formula is C13H20N4O4. The monoisotopic (exact) mass is 296 g/mol. The topological polar surface area (TPSA) is 93.2 Å². The Balaban J connectivity index is 1.68. The van der Waals surface area contributed by atoms with Crippen LogP contribution in [0.5, 0.6) is 0 Å². The van der Waals surface area contributed by atoms with E-state index in [1.165, 1.54) is 11.8 Å². The van der Waals surface area contributed by atoms with Crippen molar-refractivity contribution in [1.82, 2.24) is 20.0 Å². The predicted molar refractivity (Wildman–Crippen MR) is 71.9 cm³/mol. The predicted octanol–water partition coefficient (Wildman–Crippen LogP) is -2.43. The largest absolute Gasteiger partial charge is 0.391 e. The molecule has 0 aromatic rings. The number of nitrogens with one attached hydrogen (secondary N) is 1. The van der Waals surface area contributed by atoms with E-state index in [4.69, 9.17) is 0 Å². The molecule has 3 saturated heterocycles. The first-order valence-corrected chi connectivity index (χ1v) is 7.09. The average molecular weight is 296 g/mol. The number of carbonyl (C=O) groups is 3. The molecule has 0 bridgehead atoms. The summed E-state index contributed by atoms with van der Waals surface area (Å²) in [6.07, 6.45) is -0.389. The summed E-state index contributed by atoms with van der Waals surface area (Å²) in [6, 6.07) is -0.607.